The molecule has 1 aliphatic rings. The number of rotatable bonds is 3. The Bertz CT molecular complexity index is 783. The Labute approximate surface area is 121 Å². The van der Waals surface area contributed by atoms with Gasteiger partial charge in [-0.3, -0.25) is 4.79 Å². The summed E-state index contributed by atoms with van der Waals surface area (Å²) in [6.07, 6.45) is 4.21. The average Bonchev–Trinajstić information content (AvgIpc) is 2.89. The number of hydrogen-bond acceptors (Lipinski definition) is 5. The van der Waals surface area contributed by atoms with Crippen LogP contribution in [0.25, 0.3) is 11.0 Å². The number of carbonyl (C=O) groups is 1. The van der Waals surface area contributed by atoms with Crippen molar-refractivity contribution in [1.29, 1.82) is 0 Å². The molecular formula is C13H16N4O3S. The fourth-order valence-corrected chi connectivity index (χ4v) is 4.08. The van der Waals surface area contributed by atoms with E-state index in [1.807, 2.05) is 6.07 Å². The molecule has 0 spiro atoms. The number of aromatic nitrogens is 2. The van der Waals surface area contributed by atoms with E-state index >= 15 is 0 Å². The number of primary amides is 1. The van der Waals surface area contributed by atoms with Crippen LogP contribution in [0.15, 0.2) is 18.5 Å². The number of carbonyl (C=O) groups excluding carboxylic acids is 1. The lowest BCUT2D eigenvalue weighted by atomic mass is 10.1. The van der Waals surface area contributed by atoms with Crippen LogP contribution in [0.1, 0.15) is 23.2 Å². The first kappa shape index (κ1) is 13.9. The third-order valence-electron chi connectivity index (χ3n) is 3.76. The van der Waals surface area contributed by atoms with Crippen LogP contribution in [-0.2, 0) is 9.84 Å². The van der Waals surface area contributed by atoms with Gasteiger partial charge >= 0.3 is 0 Å². The third-order valence-corrected chi connectivity index (χ3v) is 5.47. The lowest BCUT2D eigenvalue weighted by Gasteiger charge is -2.25. The first-order chi connectivity index (χ1) is 9.96. The van der Waals surface area contributed by atoms with Crippen molar-refractivity contribution < 1.29 is 13.2 Å². The minimum atomic E-state index is -2.92. The molecule has 1 saturated heterocycles. The van der Waals surface area contributed by atoms with Gasteiger partial charge in [-0.05, 0) is 18.9 Å². The zero-order chi connectivity index (χ0) is 15.0. The number of amides is 1. The Morgan fingerprint density at radius 1 is 1.38 bits per heavy atom. The van der Waals surface area contributed by atoms with Crippen LogP contribution in [0.5, 0.6) is 0 Å². The zero-order valence-corrected chi connectivity index (χ0v) is 12.1. The van der Waals surface area contributed by atoms with E-state index < -0.39 is 15.7 Å². The minimum Gasteiger partial charge on any atom is -0.381 e. The minimum absolute atomic E-state index is 0.00660. The smallest absolute Gasteiger partial charge is 0.252 e. The molecule has 8 heteroatoms. The van der Waals surface area contributed by atoms with Gasteiger partial charge in [0.05, 0.1) is 22.8 Å². The quantitative estimate of drug-likeness (QED) is 0.769. The standard InChI is InChI=1S/C13H16N4O3S/c14-12(18)10-7-16-13-9(1-4-15-13)11(10)17-8-2-5-21(19,20)6-3-8/h1,4,7-8H,2-3,5-6H2,(H2,14,18)(H2,15,16,17). The van der Waals surface area contributed by atoms with E-state index in [-0.39, 0.29) is 17.5 Å². The van der Waals surface area contributed by atoms with E-state index in [2.05, 4.69) is 15.3 Å². The molecule has 112 valence electrons. The summed E-state index contributed by atoms with van der Waals surface area (Å²) >= 11 is 0. The first-order valence-corrected chi connectivity index (χ1v) is 8.51. The summed E-state index contributed by atoms with van der Waals surface area (Å²) in [5.41, 5.74) is 6.99. The fraction of sp³-hybridized carbons (Fsp3) is 0.385. The molecule has 0 atom stereocenters. The average molecular weight is 308 g/mol. The van der Waals surface area contributed by atoms with E-state index in [0.29, 0.717) is 29.7 Å². The molecule has 7 nitrogen and oxygen atoms in total. The van der Waals surface area contributed by atoms with Crippen LogP contribution >= 0.6 is 0 Å². The highest BCUT2D eigenvalue weighted by Gasteiger charge is 2.25. The van der Waals surface area contributed by atoms with E-state index in [1.54, 1.807) is 6.20 Å². The molecule has 0 unspecified atom stereocenters. The number of pyridine rings is 1. The summed E-state index contributed by atoms with van der Waals surface area (Å²) in [6, 6.07) is 1.82. The largest absolute Gasteiger partial charge is 0.381 e. The molecular weight excluding hydrogens is 292 g/mol. The van der Waals surface area contributed by atoms with Crippen LogP contribution < -0.4 is 11.1 Å². The van der Waals surface area contributed by atoms with Gasteiger partial charge in [0.15, 0.2) is 0 Å². The van der Waals surface area contributed by atoms with E-state index in [9.17, 15) is 13.2 Å². The predicted molar refractivity (Wildman–Crippen MR) is 79.9 cm³/mol. The van der Waals surface area contributed by atoms with Crippen molar-refractivity contribution in [3.63, 3.8) is 0 Å². The zero-order valence-electron chi connectivity index (χ0n) is 11.3. The van der Waals surface area contributed by atoms with Gasteiger partial charge < -0.3 is 16.0 Å². The Balaban J connectivity index is 1.94. The Kier molecular flexibility index (Phi) is 3.32. The maximum absolute atomic E-state index is 11.6. The number of aromatic amines is 1. The molecule has 0 aliphatic carbocycles. The highest BCUT2D eigenvalue weighted by Crippen LogP contribution is 2.28. The Hall–Kier alpha value is -2.09. The van der Waals surface area contributed by atoms with Crippen LogP contribution in [-0.4, -0.2) is 41.8 Å². The highest BCUT2D eigenvalue weighted by atomic mass is 32.2. The lowest BCUT2D eigenvalue weighted by molar-refractivity contribution is 0.100. The first-order valence-electron chi connectivity index (χ1n) is 6.69. The summed E-state index contributed by atoms with van der Waals surface area (Å²) in [6.45, 7) is 0. The topological polar surface area (TPSA) is 118 Å². The maximum atomic E-state index is 11.6. The van der Waals surface area contributed by atoms with Gasteiger partial charge in [-0.15, -0.1) is 0 Å². The third kappa shape index (κ3) is 2.71. The van der Waals surface area contributed by atoms with Gasteiger partial charge in [0.2, 0.25) is 0 Å². The van der Waals surface area contributed by atoms with E-state index in [4.69, 9.17) is 5.73 Å². The molecule has 2 aromatic rings. The molecule has 4 N–H and O–H groups in total. The van der Waals surface area contributed by atoms with Gasteiger partial charge in [0.1, 0.15) is 15.5 Å². The molecule has 0 aromatic carbocycles. The number of nitrogens with one attached hydrogen (secondary N) is 2. The summed E-state index contributed by atoms with van der Waals surface area (Å²) in [7, 11) is -2.92. The second-order valence-corrected chi connectivity index (χ2v) is 7.53. The molecule has 2 aromatic heterocycles. The van der Waals surface area contributed by atoms with Crippen LogP contribution in [0, 0.1) is 0 Å². The van der Waals surface area contributed by atoms with Crippen LogP contribution in [0.2, 0.25) is 0 Å². The molecule has 1 fully saturated rings. The van der Waals surface area contributed by atoms with Crippen molar-refractivity contribution in [1.82, 2.24) is 9.97 Å². The van der Waals surface area contributed by atoms with E-state index in [1.165, 1.54) is 6.20 Å². The van der Waals surface area contributed by atoms with Crippen molar-refractivity contribution in [2.24, 2.45) is 5.73 Å². The lowest BCUT2D eigenvalue weighted by Crippen LogP contribution is -2.33. The maximum Gasteiger partial charge on any atom is 0.252 e. The Morgan fingerprint density at radius 2 is 2.10 bits per heavy atom. The van der Waals surface area contributed by atoms with Gasteiger partial charge in [-0.1, -0.05) is 0 Å². The van der Waals surface area contributed by atoms with Crippen molar-refractivity contribution in [3.05, 3.63) is 24.0 Å². The molecule has 0 bridgehead atoms. The van der Waals surface area contributed by atoms with Crippen molar-refractivity contribution >= 4 is 32.5 Å². The molecule has 21 heavy (non-hydrogen) atoms. The van der Waals surface area contributed by atoms with Gasteiger partial charge in [-0.2, -0.15) is 0 Å². The summed E-state index contributed by atoms with van der Waals surface area (Å²) in [5.74, 6) is -0.230. The summed E-state index contributed by atoms with van der Waals surface area (Å²) in [4.78, 5) is 18.7. The number of H-pyrrole nitrogens is 1. The normalized spacial score (nSPS) is 18.7. The second kappa shape index (κ2) is 5.03. The molecule has 0 radical (unpaired) electrons. The van der Waals surface area contributed by atoms with Gasteiger partial charge in [0, 0.05) is 23.8 Å². The number of sulfone groups is 1. The van der Waals surface area contributed by atoms with Crippen molar-refractivity contribution in [3.8, 4) is 0 Å². The number of nitrogens with zero attached hydrogens (tertiary/aromatic N) is 1. The number of anilines is 1. The molecule has 3 heterocycles. The van der Waals surface area contributed by atoms with E-state index in [0.717, 1.165) is 5.39 Å². The second-order valence-electron chi connectivity index (χ2n) is 5.22. The number of nitrogens with two attached hydrogens (primary N) is 1. The molecule has 0 saturated carbocycles. The fourth-order valence-electron chi connectivity index (χ4n) is 2.59. The number of fused-ring (bicyclic) bond motifs is 1. The van der Waals surface area contributed by atoms with Crippen molar-refractivity contribution in [2.75, 3.05) is 16.8 Å². The van der Waals surface area contributed by atoms with Gasteiger partial charge in [0.25, 0.3) is 5.91 Å². The summed E-state index contributed by atoms with van der Waals surface area (Å²) in [5, 5.41) is 4.05. The summed E-state index contributed by atoms with van der Waals surface area (Å²) < 4.78 is 23.0. The van der Waals surface area contributed by atoms with Gasteiger partial charge in [-0.25, -0.2) is 13.4 Å². The van der Waals surface area contributed by atoms with Crippen molar-refractivity contribution in [2.45, 2.75) is 18.9 Å². The SMILES string of the molecule is NC(=O)c1cnc2[nH]ccc2c1NC1CCS(=O)(=O)CC1. The molecule has 3 rings (SSSR count). The monoisotopic (exact) mass is 308 g/mol. The van der Waals surface area contributed by atoms with Crippen LogP contribution in [0.4, 0.5) is 5.69 Å². The van der Waals surface area contributed by atoms with Crippen LogP contribution in [0.3, 0.4) is 0 Å². The number of hydrogen-bond donors (Lipinski definition) is 3. The Morgan fingerprint density at radius 3 is 2.76 bits per heavy atom. The molecule has 1 aliphatic heterocycles. The molecule has 1 amide bonds. The predicted octanol–water partition coefficient (Wildman–Crippen LogP) is 0.651. The highest BCUT2D eigenvalue weighted by molar-refractivity contribution is 7.91.